The predicted octanol–water partition coefficient (Wildman–Crippen LogP) is 1.16. The van der Waals surface area contributed by atoms with Gasteiger partial charge in [-0.1, -0.05) is 6.42 Å². The van der Waals surface area contributed by atoms with Crippen LogP contribution in [0.5, 0.6) is 0 Å². The molecule has 0 aliphatic carbocycles. The molecule has 4 heteroatoms. The van der Waals surface area contributed by atoms with Crippen LogP contribution in [-0.2, 0) is 20.4 Å². The van der Waals surface area contributed by atoms with E-state index >= 15 is 0 Å². The molecule has 2 aliphatic rings. The second-order valence-corrected chi connectivity index (χ2v) is 3.73. The third kappa shape index (κ3) is 1.48. The smallest absolute Gasteiger partial charge is 0.0203 e. The van der Waals surface area contributed by atoms with Crippen molar-refractivity contribution in [2.75, 3.05) is 13.1 Å². The van der Waals surface area contributed by atoms with Crippen molar-refractivity contribution in [3.05, 3.63) is 5.32 Å². The normalized spacial score (nSPS) is 41.0. The van der Waals surface area contributed by atoms with Crippen molar-refractivity contribution in [3.63, 3.8) is 0 Å². The topological polar surface area (TPSA) is 17.3 Å². The summed E-state index contributed by atoms with van der Waals surface area (Å²) in [5, 5.41) is 4.41. The minimum Gasteiger partial charge on any atom is -0.657 e. The summed E-state index contributed by atoms with van der Waals surface area (Å²) in [6.45, 7) is 2.29. The van der Waals surface area contributed by atoms with Crippen LogP contribution in [0.2, 0.25) is 0 Å². The molecule has 53 valence electrons. The maximum atomic E-state index is 4.41. The summed E-state index contributed by atoms with van der Waals surface area (Å²) >= 11 is 2.40. The van der Waals surface area contributed by atoms with Crippen molar-refractivity contribution in [1.29, 1.82) is 0 Å². The summed E-state index contributed by atoms with van der Waals surface area (Å²) in [5.41, 5.74) is 0. The van der Waals surface area contributed by atoms with Crippen molar-refractivity contribution in [1.82, 2.24) is 3.11 Å². The molecule has 9 heavy (non-hydrogen) atoms. The molecule has 0 aromatic rings. The summed E-state index contributed by atoms with van der Waals surface area (Å²) in [6, 6.07) is 1.48. The van der Waals surface area contributed by atoms with Gasteiger partial charge in [0, 0.05) is 43.3 Å². The van der Waals surface area contributed by atoms with Crippen molar-refractivity contribution >= 4 is 22.9 Å². The van der Waals surface area contributed by atoms with E-state index in [0.29, 0.717) is 6.04 Å². The van der Waals surface area contributed by atoms with E-state index in [0.717, 1.165) is 12.6 Å². The van der Waals surface area contributed by atoms with Crippen LogP contribution in [0.4, 0.5) is 0 Å². The van der Waals surface area contributed by atoms with Gasteiger partial charge in [-0.25, -0.2) is 3.11 Å². The maximum Gasteiger partial charge on any atom is 0.0203 e. The van der Waals surface area contributed by atoms with Crippen LogP contribution >= 0.6 is 22.9 Å². The summed E-state index contributed by atoms with van der Waals surface area (Å²) in [7, 11) is 0. The first-order chi connectivity index (χ1) is 3.86. The number of hydrogen-bond donors (Lipinski definition) is 0. The third-order valence-corrected chi connectivity index (χ3v) is 3.08. The Morgan fingerprint density at radius 1 is 1.56 bits per heavy atom. The van der Waals surface area contributed by atoms with Crippen molar-refractivity contribution in [2.24, 2.45) is 0 Å². The molecule has 0 spiro atoms. The van der Waals surface area contributed by atoms with Crippen LogP contribution < -0.4 is 0 Å². The quantitative estimate of drug-likeness (QED) is 0.434. The fourth-order valence-electron chi connectivity index (χ4n) is 1.42. The van der Waals surface area contributed by atoms with E-state index in [2.05, 4.69) is 31.3 Å². The molecule has 2 saturated heterocycles. The van der Waals surface area contributed by atoms with Crippen LogP contribution in [0.25, 0.3) is 5.32 Å². The molecule has 2 atom stereocenters. The van der Waals surface area contributed by atoms with E-state index in [1.54, 1.807) is 0 Å². The number of halogens is 1. The first-order valence-electron chi connectivity index (χ1n) is 2.95. The zero-order valence-corrected chi connectivity index (χ0v) is 9.80. The van der Waals surface area contributed by atoms with Crippen molar-refractivity contribution in [2.45, 2.75) is 18.5 Å². The number of rotatable bonds is 0. The molecule has 1 radical (unpaired) electrons. The van der Waals surface area contributed by atoms with Gasteiger partial charge in [0.25, 0.3) is 0 Å². The Morgan fingerprint density at radius 2 is 2.33 bits per heavy atom. The Bertz CT molecular complexity index is 109. The Balaban J connectivity index is 0.000000405. The Labute approximate surface area is 82.9 Å². The fourth-order valence-corrected chi connectivity index (χ4v) is 2.28. The zero-order valence-electron chi connectivity index (χ0n) is 4.93. The SMILES string of the molecule is IN1CC2CC1C[N-]2.[Re]. The van der Waals surface area contributed by atoms with Crippen molar-refractivity contribution < 1.29 is 20.4 Å². The van der Waals surface area contributed by atoms with Crippen LogP contribution in [0.3, 0.4) is 0 Å². The van der Waals surface area contributed by atoms with Crippen molar-refractivity contribution in [3.8, 4) is 0 Å². The molecule has 2 bridgehead atoms. The second kappa shape index (κ2) is 3.14. The summed E-state index contributed by atoms with van der Waals surface area (Å²) in [6.07, 6.45) is 1.32. The monoisotopic (exact) mass is 410 g/mol. The molecular formula is C5H8IN2Re-. The van der Waals surface area contributed by atoms with Gasteiger partial charge < -0.3 is 5.32 Å². The zero-order chi connectivity index (χ0) is 5.56. The molecule has 2 aliphatic heterocycles. The van der Waals surface area contributed by atoms with Gasteiger partial charge in [0.15, 0.2) is 0 Å². The van der Waals surface area contributed by atoms with Gasteiger partial charge in [0.2, 0.25) is 0 Å². The van der Waals surface area contributed by atoms with Crippen LogP contribution in [0.15, 0.2) is 0 Å². The van der Waals surface area contributed by atoms with Crippen LogP contribution in [-0.4, -0.2) is 28.3 Å². The minimum atomic E-state index is 0. The van der Waals surface area contributed by atoms with E-state index in [-0.39, 0.29) is 20.4 Å². The molecular weight excluding hydrogens is 401 g/mol. The van der Waals surface area contributed by atoms with Gasteiger partial charge in [-0.3, -0.25) is 0 Å². The van der Waals surface area contributed by atoms with Crippen LogP contribution in [0, 0.1) is 0 Å². The van der Waals surface area contributed by atoms with E-state index in [1.165, 1.54) is 13.0 Å². The van der Waals surface area contributed by atoms with E-state index in [9.17, 15) is 0 Å². The van der Waals surface area contributed by atoms with Gasteiger partial charge in [-0.05, 0) is 12.6 Å². The number of piperazine rings is 1. The first kappa shape index (κ1) is 8.41. The maximum absolute atomic E-state index is 4.41. The molecule has 2 nitrogen and oxygen atoms in total. The number of hydrogen-bond acceptors (Lipinski definition) is 1. The Morgan fingerprint density at radius 3 is 2.56 bits per heavy atom. The average molecular weight is 409 g/mol. The molecule has 2 rings (SSSR count). The molecule has 0 saturated carbocycles. The number of fused-ring (bicyclic) bond motifs is 2. The van der Waals surface area contributed by atoms with Gasteiger partial charge in [-0.2, -0.15) is 0 Å². The molecule has 2 fully saturated rings. The largest absolute Gasteiger partial charge is 0.657 e. The molecule has 2 unspecified atom stereocenters. The first-order valence-corrected chi connectivity index (χ1v) is 3.92. The molecule has 0 N–H and O–H groups in total. The molecule has 2 heterocycles. The van der Waals surface area contributed by atoms with Gasteiger partial charge >= 0.3 is 0 Å². The second-order valence-electron chi connectivity index (χ2n) is 2.49. The fraction of sp³-hybridized carbons (Fsp3) is 1.00. The Hall–Kier alpha value is 1.31. The molecule has 0 aromatic carbocycles. The molecule has 0 amide bonds. The summed E-state index contributed by atoms with van der Waals surface area (Å²) in [4.78, 5) is 0. The summed E-state index contributed by atoms with van der Waals surface area (Å²) < 4.78 is 2.38. The standard InChI is InChI=1S/C5H8IN2.Re/c6-8-3-4-1-5(8)2-7-4;/h4-5H,1-3H2;/q-1;. The predicted molar refractivity (Wildman–Crippen MR) is 41.1 cm³/mol. The third-order valence-electron chi connectivity index (χ3n) is 1.90. The summed E-state index contributed by atoms with van der Waals surface area (Å²) in [5.74, 6) is 0. The molecule has 0 aromatic heterocycles. The van der Waals surface area contributed by atoms with E-state index < -0.39 is 0 Å². The van der Waals surface area contributed by atoms with E-state index in [1.807, 2.05) is 0 Å². The number of nitrogens with zero attached hydrogens (tertiary/aromatic N) is 2. The average Bonchev–Trinajstić information content (AvgIpc) is 2.23. The minimum absolute atomic E-state index is 0. The van der Waals surface area contributed by atoms with Gasteiger partial charge in [-0.15, -0.1) is 12.6 Å². The Kier molecular flexibility index (Phi) is 2.93. The van der Waals surface area contributed by atoms with Crippen LogP contribution in [0.1, 0.15) is 6.42 Å². The van der Waals surface area contributed by atoms with Gasteiger partial charge in [0.1, 0.15) is 0 Å². The van der Waals surface area contributed by atoms with Gasteiger partial charge in [0.05, 0.1) is 0 Å². The van der Waals surface area contributed by atoms with E-state index in [4.69, 9.17) is 0 Å².